The topological polar surface area (TPSA) is 91.0 Å². The molecule has 8 nitrogen and oxygen atoms in total. The predicted octanol–water partition coefficient (Wildman–Crippen LogP) is 2.09. The summed E-state index contributed by atoms with van der Waals surface area (Å²) < 4.78 is 44.3. The molecule has 0 bridgehead atoms. The Bertz CT molecular complexity index is 899. The number of nitrogens with one attached hydrogen (secondary N) is 1. The number of aliphatic imine (C=N–C) groups is 1. The van der Waals surface area contributed by atoms with E-state index < -0.39 is 10.0 Å². The number of benzene rings is 1. The van der Waals surface area contributed by atoms with Crippen molar-refractivity contribution in [2.75, 3.05) is 39.3 Å². The van der Waals surface area contributed by atoms with E-state index in [1.807, 2.05) is 6.92 Å². The minimum atomic E-state index is -3.43. The number of guanidine groups is 1. The molecule has 1 aromatic carbocycles. The third kappa shape index (κ3) is 6.91. The molecule has 0 aliphatic carbocycles. The number of hydrogen-bond acceptors (Lipinski definition) is 5. The second kappa shape index (κ2) is 11.6. The smallest absolute Gasteiger partial charge is 0.220 e. The molecule has 0 unspecified atom stereocenters. The molecule has 0 spiro atoms. The molecule has 30 heavy (non-hydrogen) atoms. The van der Waals surface area contributed by atoms with Gasteiger partial charge in [-0.05, 0) is 31.0 Å². The SMILES string of the molecule is CCNC(=NCCc1ccc(F)cc1)N1CCN(S(=O)(=O)Cc2ccon2)CC1.I. The van der Waals surface area contributed by atoms with Crippen LogP contribution in [0.5, 0.6) is 0 Å². The van der Waals surface area contributed by atoms with Gasteiger partial charge in [0.2, 0.25) is 10.0 Å². The third-order valence-electron chi connectivity index (χ3n) is 4.66. The van der Waals surface area contributed by atoms with Crippen molar-refractivity contribution < 1.29 is 17.3 Å². The van der Waals surface area contributed by atoms with Gasteiger partial charge in [0, 0.05) is 45.3 Å². The van der Waals surface area contributed by atoms with Crippen molar-refractivity contribution in [3.8, 4) is 0 Å². The molecule has 3 rings (SSSR count). The van der Waals surface area contributed by atoms with Crippen molar-refractivity contribution in [1.29, 1.82) is 0 Å². The number of piperazine rings is 1. The van der Waals surface area contributed by atoms with Crippen LogP contribution in [0.15, 0.2) is 46.1 Å². The molecule has 0 atom stereocenters. The summed E-state index contributed by atoms with van der Waals surface area (Å²) in [6.07, 6.45) is 2.08. The number of aromatic nitrogens is 1. The van der Waals surface area contributed by atoms with E-state index >= 15 is 0 Å². The van der Waals surface area contributed by atoms with Crippen LogP contribution in [-0.2, 0) is 22.2 Å². The quantitative estimate of drug-likeness (QED) is 0.322. The third-order valence-corrected chi connectivity index (χ3v) is 6.48. The average molecular weight is 551 g/mol. The van der Waals surface area contributed by atoms with Crippen LogP contribution < -0.4 is 5.32 Å². The summed E-state index contributed by atoms with van der Waals surface area (Å²) >= 11 is 0. The highest BCUT2D eigenvalue weighted by Crippen LogP contribution is 2.13. The summed E-state index contributed by atoms with van der Waals surface area (Å²) in [5.41, 5.74) is 1.43. The standard InChI is InChI=1S/C19H26FN5O3S.HI/c1-2-21-19(22-9-7-16-3-5-17(20)6-4-16)24-10-12-25(13-11-24)29(26,27)15-18-8-14-28-23-18;/h3-6,8,14H,2,7,9-13,15H2,1H3,(H,21,22);1H. The minimum absolute atomic E-state index is 0. The summed E-state index contributed by atoms with van der Waals surface area (Å²) in [6.45, 7) is 5.18. The zero-order valence-electron chi connectivity index (χ0n) is 16.8. The molecule has 2 heterocycles. The van der Waals surface area contributed by atoms with Crippen molar-refractivity contribution in [2.45, 2.75) is 19.1 Å². The number of rotatable bonds is 7. The number of hydrogen-bond donors (Lipinski definition) is 1. The molecule has 11 heteroatoms. The van der Waals surface area contributed by atoms with Crippen LogP contribution in [0, 0.1) is 5.82 Å². The lowest BCUT2D eigenvalue weighted by atomic mass is 10.1. The number of sulfonamides is 1. The van der Waals surface area contributed by atoms with E-state index in [0.717, 1.165) is 18.1 Å². The van der Waals surface area contributed by atoms with Crippen LogP contribution >= 0.6 is 24.0 Å². The lowest BCUT2D eigenvalue weighted by molar-refractivity contribution is 0.260. The van der Waals surface area contributed by atoms with Gasteiger partial charge in [-0.1, -0.05) is 17.3 Å². The Balaban J connectivity index is 0.00000320. The molecule has 166 valence electrons. The normalized spacial score (nSPS) is 15.7. The average Bonchev–Trinajstić information content (AvgIpc) is 3.21. The summed E-state index contributed by atoms with van der Waals surface area (Å²) in [6, 6.07) is 7.98. The highest BCUT2D eigenvalue weighted by Gasteiger charge is 2.28. The molecule has 1 aromatic heterocycles. The molecule has 0 amide bonds. The Morgan fingerprint density at radius 3 is 2.50 bits per heavy atom. The second-order valence-electron chi connectivity index (χ2n) is 6.75. The van der Waals surface area contributed by atoms with Crippen molar-refractivity contribution in [1.82, 2.24) is 19.7 Å². The van der Waals surface area contributed by atoms with Gasteiger partial charge in [0.1, 0.15) is 17.8 Å². The van der Waals surface area contributed by atoms with E-state index in [1.54, 1.807) is 18.2 Å². The maximum atomic E-state index is 13.0. The van der Waals surface area contributed by atoms with Gasteiger partial charge in [0.15, 0.2) is 5.96 Å². The molecular formula is C19H27FIN5O3S. The number of nitrogens with zero attached hydrogens (tertiary/aromatic N) is 4. The van der Waals surface area contributed by atoms with Gasteiger partial charge in [-0.3, -0.25) is 4.99 Å². The molecular weight excluding hydrogens is 524 g/mol. The van der Waals surface area contributed by atoms with E-state index in [1.165, 1.54) is 22.7 Å². The van der Waals surface area contributed by atoms with Gasteiger partial charge in [-0.25, -0.2) is 12.8 Å². The first-order chi connectivity index (χ1) is 14.0. The Morgan fingerprint density at radius 1 is 1.20 bits per heavy atom. The van der Waals surface area contributed by atoms with Crippen LogP contribution in [0.1, 0.15) is 18.2 Å². The van der Waals surface area contributed by atoms with Crippen molar-refractivity contribution in [3.05, 3.63) is 53.7 Å². The van der Waals surface area contributed by atoms with Crippen LogP contribution in [0.4, 0.5) is 4.39 Å². The highest BCUT2D eigenvalue weighted by atomic mass is 127. The molecule has 1 aliphatic rings. The highest BCUT2D eigenvalue weighted by molar-refractivity contribution is 14.0. The van der Waals surface area contributed by atoms with Gasteiger partial charge >= 0.3 is 0 Å². The maximum absolute atomic E-state index is 13.0. The summed E-state index contributed by atoms with van der Waals surface area (Å²) in [4.78, 5) is 6.72. The zero-order valence-corrected chi connectivity index (χ0v) is 20.0. The lowest BCUT2D eigenvalue weighted by Gasteiger charge is -2.35. The van der Waals surface area contributed by atoms with Crippen molar-refractivity contribution in [2.24, 2.45) is 4.99 Å². The van der Waals surface area contributed by atoms with Crippen molar-refractivity contribution in [3.63, 3.8) is 0 Å². The first-order valence-corrected chi connectivity index (χ1v) is 11.2. The van der Waals surface area contributed by atoms with Gasteiger partial charge in [-0.15, -0.1) is 24.0 Å². The van der Waals surface area contributed by atoms with E-state index in [4.69, 9.17) is 4.52 Å². The molecule has 1 aliphatic heterocycles. The van der Waals surface area contributed by atoms with Crippen LogP contribution in [0.2, 0.25) is 0 Å². The van der Waals surface area contributed by atoms with Gasteiger partial charge in [0.05, 0.1) is 5.69 Å². The molecule has 0 saturated carbocycles. The fraction of sp³-hybridized carbons (Fsp3) is 0.474. The van der Waals surface area contributed by atoms with Crippen LogP contribution in [-0.4, -0.2) is 68.0 Å². The van der Waals surface area contributed by atoms with Crippen LogP contribution in [0.3, 0.4) is 0 Å². The Hall–Kier alpha value is -1.73. The monoisotopic (exact) mass is 551 g/mol. The fourth-order valence-corrected chi connectivity index (χ4v) is 4.56. The summed E-state index contributed by atoms with van der Waals surface area (Å²) in [7, 11) is -3.43. The van der Waals surface area contributed by atoms with E-state index in [2.05, 4.69) is 20.4 Å². The number of halogens is 2. The molecule has 1 saturated heterocycles. The molecule has 1 N–H and O–H groups in total. The van der Waals surface area contributed by atoms with Gasteiger partial charge < -0.3 is 14.7 Å². The Kier molecular flexibility index (Phi) is 9.49. The lowest BCUT2D eigenvalue weighted by Crippen LogP contribution is -2.54. The molecule has 0 radical (unpaired) electrons. The van der Waals surface area contributed by atoms with Gasteiger partial charge in [-0.2, -0.15) is 4.31 Å². The summed E-state index contributed by atoms with van der Waals surface area (Å²) in [5.74, 6) is 0.361. The van der Waals surface area contributed by atoms with Crippen molar-refractivity contribution >= 4 is 40.0 Å². The fourth-order valence-electron chi connectivity index (χ4n) is 3.14. The van der Waals surface area contributed by atoms with E-state index in [0.29, 0.717) is 44.8 Å². The Labute approximate surface area is 193 Å². The maximum Gasteiger partial charge on any atom is 0.220 e. The first-order valence-electron chi connectivity index (χ1n) is 9.62. The largest absolute Gasteiger partial charge is 0.364 e. The summed E-state index contributed by atoms with van der Waals surface area (Å²) in [5, 5.41) is 6.95. The zero-order chi connectivity index (χ0) is 20.7. The first kappa shape index (κ1) is 24.5. The minimum Gasteiger partial charge on any atom is -0.364 e. The Morgan fingerprint density at radius 2 is 1.90 bits per heavy atom. The second-order valence-corrected chi connectivity index (χ2v) is 8.71. The van der Waals surface area contributed by atoms with E-state index in [9.17, 15) is 12.8 Å². The van der Waals surface area contributed by atoms with Gasteiger partial charge in [0.25, 0.3) is 0 Å². The van der Waals surface area contributed by atoms with Crippen LogP contribution in [0.25, 0.3) is 0 Å². The molecule has 1 fully saturated rings. The van der Waals surface area contributed by atoms with E-state index in [-0.39, 0.29) is 35.5 Å². The molecule has 2 aromatic rings. The predicted molar refractivity (Wildman–Crippen MR) is 124 cm³/mol.